The summed E-state index contributed by atoms with van der Waals surface area (Å²) in [6.07, 6.45) is 1.49. The van der Waals surface area contributed by atoms with Gasteiger partial charge in [-0.3, -0.25) is 5.32 Å². The summed E-state index contributed by atoms with van der Waals surface area (Å²) in [4.78, 5) is 3.22. The highest BCUT2D eigenvalue weighted by molar-refractivity contribution is 7.89. The van der Waals surface area contributed by atoms with E-state index < -0.39 is 10.0 Å². The lowest BCUT2D eigenvalue weighted by molar-refractivity contribution is -0.364. The quantitative estimate of drug-likeness (QED) is 0.645. The number of sulfonamides is 1. The highest BCUT2D eigenvalue weighted by Crippen LogP contribution is 2.38. The number of aromatic amines is 1. The van der Waals surface area contributed by atoms with Crippen LogP contribution in [0.5, 0.6) is 17.2 Å². The van der Waals surface area contributed by atoms with Crippen molar-refractivity contribution in [3.8, 4) is 17.2 Å². The molecule has 8 nitrogen and oxygen atoms in total. The topological polar surface area (TPSA) is 91.2 Å². The molecule has 0 saturated carbocycles. The Labute approximate surface area is 166 Å². The fourth-order valence-electron chi connectivity index (χ4n) is 2.83. The van der Waals surface area contributed by atoms with E-state index in [1.807, 2.05) is 26.0 Å². The average Bonchev–Trinajstić information content (AvgIpc) is 2.72. The smallest absolute Gasteiger partial charge is 0.272 e. The fourth-order valence-corrected chi connectivity index (χ4v) is 4.25. The summed E-state index contributed by atoms with van der Waals surface area (Å²) in [6, 6.07) is 7.00. The standard InChI is InChI=1S/C19H27N3O5S/c1-6-22(7-2)28(23,24)15-8-9-18(21-13-15)20-12-14-10-16(25-3)19(27-5)17(11-14)26-4/h8-11,13H,6-7,12H2,1-5H3,(H,20,21)/p+1. The Morgan fingerprint density at radius 2 is 1.61 bits per heavy atom. The molecule has 0 amide bonds. The Morgan fingerprint density at radius 3 is 2.04 bits per heavy atom. The number of nitrogens with zero attached hydrogens (tertiary/aromatic N) is 1. The third-order valence-corrected chi connectivity index (χ3v) is 6.38. The largest absolute Gasteiger partial charge is 0.493 e. The number of H-pyrrole nitrogens is 1. The molecule has 2 aromatic rings. The van der Waals surface area contributed by atoms with Crippen LogP contribution in [-0.4, -0.2) is 47.1 Å². The minimum absolute atomic E-state index is 0.231. The van der Waals surface area contributed by atoms with Crippen molar-refractivity contribution in [2.45, 2.75) is 25.3 Å². The molecule has 0 aliphatic heterocycles. The molecule has 2 rings (SSSR count). The van der Waals surface area contributed by atoms with Crippen molar-refractivity contribution in [2.75, 3.05) is 39.7 Å². The molecule has 28 heavy (non-hydrogen) atoms. The van der Waals surface area contributed by atoms with Crippen molar-refractivity contribution >= 4 is 15.8 Å². The van der Waals surface area contributed by atoms with E-state index in [1.54, 1.807) is 33.5 Å². The Morgan fingerprint density at radius 1 is 1.00 bits per heavy atom. The van der Waals surface area contributed by atoms with Gasteiger partial charge in [0.1, 0.15) is 17.6 Å². The lowest BCUT2D eigenvalue weighted by atomic mass is 10.1. The van der Waals surface area contributed by atoms with Crippen LogP contribution in [0, 0.1) is 0 Å². The number of benzene rings is 1. The number of methoxy groups -OCH3 is 3. The van der Waals surface area contributed by atoms with Crippen LogP contribution in [-0.2, 0) is 16.6 Å². The van der Waals surface area contributed by atoms with E-state index in [1.165, 1.54) is 10.5 Å². The Kier molecular flexibility index (Phi) is 7.47. The van der Waals surface area contributed by atoms with Gasteiger partial charge in [0.2, 0.25) is 15.8 Å². The van der Waals surface area contributed by atoms with E-state index in [9.17, 15) is 8.42 Å². The maximum atomic E-state index is 12.5. The highest BCUT2D eigenvalue weighted by atomic mass is 32.2. The van der Waals surface area contributed by atoms with Gasteiger partial charge in [0, 0.05) is 24.7 Å². The van der Waals surface area contributed by atoms with Crippen LogP contribution < -0.4 is 24.5 Å². The number of anilines is 1. The monoisotopic (exact) mass is 410 g/mol. The number of hydrogen-bond acceptors (Lipinski definition) is 6. The number of nitrogens with one attached hydrogen (secondary N) is 2. The van der Waals surface area contributed by atoms with Crippen LogP contribution in [0.1, 0.15) is 19.4 Å². The third-order valence-electron chi connectivity index (χ3n) is 4.33. The number of rotatable bonds is 10. The van der Waals surface area contributed by atoms with Gasteiger partial charge >= 0.3 is 0 Å². The van der Waals surface area contributed by atoms with Crippen molar-refractivity contribution in [3.63, 3.8) is 0 Å². The molecule has 0 spiro atoms. The molecule has 0 bridgehead atoms. The van der Waals surface area contributed by atoms with Gasteiger partial charge in [-0.2, -0.15) is 4.31 Å². The van der Waals surface area contributed by atoms with Crippen LogP contribution in [0.15, 0.2) is 35.4 Å². The van der Waals surface area contributed by atoms with Crippen LogP contribution in [0.25, 0.3) is 0 Å². The molecule has 0 unspecified atom stereocenters. The minimum atomic E-state index is -3.48. The van der Waals surface area contributed by atoms with Gasteiger partial charge < -0.3 is 14.2 Å². The molecule has 0 radical (unpaired) electrons. The predicted octanol–water partition coefficient (Wildman–Crippen LogP) is 2.17. The number of hydrogen-bond donors (Lipinski definition) is 1. The second kappa shape index (κ2) is 9.61. The molecular weight excluding hydrogens is 382 g/mol. The van der Waals surface area contributed by atoms with E-state index in [2.05, 4.69) is 10.3 Å². The molecule has 2 N–H and O–H groups in total. The first-order chi connectivity index (χ1) is 13.4. The van der Waals surface area contributed by atoms with Gasteiger partial charge in [-0.1, -0.05) is 13.8 Å². The maximum Gasteiger partial charge on any atom is 0.272 e. The third kappa shape index (κ3) is 4.66. The van der Waals surface area contributed by atoms with E-state index in [-0.39, 0.29) is 4.90 Å². The lowest BCUT2D eigenvalue weighted by Gasteiger charge is -2.17. The molecule has 0 fully saturated rings. The zero-order valence-corrected chi connectivity index (χ0v) is 17.7. The second-order valence-corrected chi connectivity index (χ2v) is 7.85. The van der Waals surface area contributed by atoms with Gasteiger partial charge in [-0.15, -0.1) is 0 Å². The SMILES string of the molecule is CCN(CC)S(=O)(=O)c1ccc(NCc2cc(OC)c(OC)c(OC)c2)[nH+]c1. The molecule has 0 saturated heterocycles. The van der Waals surface area contributed by atoms with E-state index >= 15 is 0 Å². The van der Waals surface area contributed by atoms with Crippen molar-refractivity contribution in [1.29, 1.82) is 0 Å². The number of aromatic nitrogens is 1. The van der Waals surface area contributed by atoms with Crippen LogP contribution >= 0.6 is 0 Å². The predicted molar refractivity (Wildman–Crippen MR) is 107 cm³/mol. The average molecular weight is 411 g/mol. The molecule has 1 aromatic heterocycles. The van der Waals surface area contributed by atoms with E-state index in [4.69, 9.17) is 14.2 Å². The minimum Gasteiger partial charge on any atom is -0.493 e. The maximum absolute atomic E-state index is 12.5. The molecule has 0 atom stereocenters. The summed E-state index contributed by atoms with van der Waals surface area (Å²) >= 11 is 0. The van der Waals surface area contributed by atoms with Crippen molar-refractivity contribution < 1.29 is 27.6 Å². The lowest BCUT2D eigenvalue weighted by Crippen LogP contribution is -2.31. The van der Waals surface area contributed by atoms with Gasteiger partial charge in [-0.05, 0) is 18.2 Å². The van der Waals surface area contributed by atoms with Crippen molar-refractivity contribution in [2.24, 2.45) is 0 Å². The van der Waals surface area contributed by atoms with Crippen LogP contribution in [0.3, 0.4) is 0 Å². The van der Waals surface area contributed by atoms with Gasteiger partial charge in [0.05, 0.1) is 21.3 Å². The van der Waals surface area contributed by atoms with Crippen LogP contribution in [0.4, 0.5) is 5.82 Å². The van der Waals surface area contributed by atoms with E-state index in [0.717, 1.165) is 5.56 Å². The number of pyridine rings is 1. The summed E-state index contributed by atoms with van der Waals surface area (Å²) in [5, 5.41) is 3.22. The summed E-state index contributed by atoms with van der Waals surface area (Å²) in [7, 11) is 1.21. The Balaban J connectivity index is 2.16. The summed E-state index contributed by atoms with van der Waals surface area (Å²) in [5.41, 5.74) is 0.919. The normalized spacial score (nSPS) is 11.4. The first-order valence-corrected chi connectivity index (χ1v) is 10.4. The Hall–Kier alpha value is -2.52. The molecule has 154 valence electrons. The Bertz CT molecular complexity index is 856. The summed E-state index contributed by atoms with van der Waals surface area (Å²) < 4.78 is 42.5. The van der Waals surface area contributed by atoms with Gasteiger partial charge in [0.15, 0.2) is 11.5 Å². The summed E-state index contributed by atoms with van der Waals surface area (Å²) in [6.45, 7) is 4.98. The zero-order valence-electron chi connectivity index (χ0n) is 16.9. The van der Waals surface area contributed by atoms with Gasteiger partial charge in [-0.25, -0.2) is 13.4 Å². The molecule has 1 aromatic carbocycles. The summed E-state index contributed by atoms with van der Waals surface area (Å²) in [5.74, 6) is 2.37. The van der Waals surface area contributed by atoms with Crippen molar-refractivity contribution in [1.82, 2.24) is 4.31 Å². The first kappa shape index (κ1) is 21.8. The molecule has 0 aliphatic carbocycles. The zero-order chi connectivity index (χ0) is 20.7. The molecule has 0 aliphatic rings. The number of ether oxygens (including phenoxy) is 3. The molecular formula is C19H28N3O5S+. The van der Waals surface area contributed by atoms with E-state index in [0.29, 0.717) is 42.7 Å². The van der Waals surface area contributed by atoms with Crippen molar-refractivity contribution in [3.05, 3.63) is 36.0 Å². The first-order valence-electron chi connectivity index (χ1n) is 8.95. The highest BCUT2D eigenvalue weighted by Gasteiger charge is 2.23. The fraction of sp³-hybridized carbons (Fsp3) is 0.421. The second-order valence-electron chi connectivity index (χ2n) is 5.91. The van der Waals surface area contributed by atoms with Gasteiger partial charge in [0.25, 0.3) is 5.82 Å². The molecule has 9 heteroatoms. The molecule has 1 heterocycles. The van der Waals surface area contributed by atoms with Crippen LogP contribution in [0.2, 0.25) is 0 Å².